The SMILES string of the molecule is CCCCCN1CCC[C@H]1C=O. The Bertz CT molecular complexity index is 136. The molecule has 0 aromatic heterocycles. The van der Waals surface area contributed by atoms with Gasteiger partial charge in [0.15, 0.2) is 0 Å². The van der Waals surface area contributed by atoms with Crippen LogP contribution in [0.3, 0.4) is 0 Å². The molecule has 0 aliphatic carbocycles. The first-order valence-electron chi connectivity index (χ1n) is 5.08. The summed E-state index contributed by atoms with van der Waals surface area (Å²) in [6, 6.07) is 0.238. The summed E-state index contributed by atoms with van der Waals surface area (Å²) in [7, 11) is 0. The third kappa shape index (κ3) is 2.59. The summed E-state index contributed by atoms with van der Waals surface area (Å²) < 4.78 is 0. The predicted molar refractivity (Wildman–Crippen MR) is 50.2 cm³/mol. The lowest BCUT2D eigenvalue weighted by Gasteiger charge is -2.19. The summed E-state index contributed by atoms with van der Waals surface area (Å²) in [6.07, 6.45) is 7.20. The smallest absolute Gasteiger partial charge is 0.137 e. The molecular weight excluding hydrogens is 150 g/mol. The van der Waals surface area contributed by atoms with Gasteiger partial charge in [-0.1, -0.05) is 19.8 Å². The van der Waals surface area contributed by atoms with Gasteiger partial charge in [0.2, 0.25) is 0 Å². The topological polar surface area (TPSA) is 20.3 Å². The van der Waals surface area contributed by atoms with Crippen molar-refractivity contribution in [2.24, 2.45) is 0 Å². The molecule has 0 radical (unpaired) electrons. The van der Waals surface area contributed by atoms with Crippen LogP contribution in [0.25, 0.3) is 0 Å². The Morgan fingerprint density at radius 1 is 1.50 bits per heavy atom. The highest BCUT2D eigenvalue weighted by atomic mass is 16.1. The first-order chi connectivity index (χ1) is 5.88. The number of carbonyl (C=O) groups is 1. The minimum atomic E-state index is 0.238. The molecule has 12 heavy (non-hydrogen) atoms. The van der Waals surface area contributed by atoms with Crippen molar-refractivity contribution in [1.82, 2.24) is 4.90 Å². The van der Waals surface area contributed by atoms with Crippen LogP contribution in [-0.4, -0.2) is 30.3 Å². The second kappa shape index (κ2) is 5.31. The molecule has 1 fully saturated rings. The molecule has 0 aromatic carbocycles. The highest BCUT2D eigenvalue weighted by Crippen LogP contribution is 2.15. The van der Waals surface area contributed by atoms with Gasteiger partial charge in [0, 0.05) is 0 Å². The second-order valence-corrected chi connectivity index (χ2v) is 3.59. The quantitative estimate of drug-likeness (QED) is 0.462. The van der Waals surface area contributed by atoms with Crippen LogP contribution in [0.2, 0.25) is 0 Å². The number of aldehydes is 1. The summed E-state index contributed by atoms with van der Waals surface area (Å²) >= 11 is 0. The zero-order valence-electron chi connectivity index (χ0n) is 7.96. The Labute approximate surface area is 74.9 Å². The zero-order valence-corrected chi connectivity index (χ0v) is 7.96. The van der Waals surface area contributed by atoms with E-state index < -0.39 is 0 Å². The average Bonchev–Trinajstić information content (AvgIpc) is 2.52. The molecule has 2 heteroatoms. The van der Waals surface area contributed by atoms with E-state index in [0.717, 1.165) is 25.8 Å². The van der Waals surface area contributed by atoms with E-state index in [1.54, 1.807) is 0 Å². The Morgan fingerprint density at radius 3 is 3.00 bits per heavy atom. The van der Waals surface area contributed by atoms with Crippen molar-refractivity contribution in [2.75, 3.05) is 13.1 Å². The maximum absolute atomic E-state index is 10.6. The van der Waals surface area contributed by atoms with E-state index in [1.165, 1.54) is 25.7 Å². The summed E-state index contributed by atoms with van der Waals surface area (Å²) in [6.45, 7) is 4.46. The van der Waals surface area contributed by atoms with Crippen LogP contribution in [0.15, 0.2) is 0 Å². The Balaban J connectivity index is 2.17. The van der Waals surface area contributed by atoms with Crippen molar-refractivity contribution in [2.45, 2.75) is 45.1 Å². The molecule has 0 N–H and O–H groups in total. The van der Waals surface area contributed by atoms with Crippen LogP contribution < -0.4 is 0 Å². The second-order valence-electron chi connectivity index (χ2n) is 3.59. The minimum absolute atomic E-state index is 0.238. The first-order valence-corrected chi connectivity index (χ1v) is 5.08. The highest BCUT2D eigenvalue weighted by molar-refractivity contribution is 5.58. The number of hydrogen-bond acceptors (Lipinski definition) is 2. The van der Waals surface area contributed by atoms with Gasteiger partial charge in [0.25, 0.3) is 0 Å². The fourth-order valence-corrected chi connectivity index (χ4v) is 1.85. The van der Waals surface area contributed by atoms with Crippen molar-refractivity contribution in [3.8, 4) is 0 Å². The summed E-state index contributed by atoms with van der Waals surface area (Å²) in [5.74, 6) is 0. The predicted octanol–water partition coefficient (Wildman–Crippen LogP) is 1.84. The van der Waals surface area contributed by atoms with Crippen LogP contribution in [0, 0.1) is 0 Å². The average molecular weight is 169 g/mol. The van der Waals surface area contributed by atoms with Gasteiger partial charge < -0.3 is 4.79 Å². The van der Waals surface area contributed by atoms with Gasteiger partial charge in [-0.25, -0.2) is 0 Å². The lowest BCUT2D eigenvalue weighted by molar-refractivity contribution is -0.111. The monoisotopic (exact) mass is 169 g/mol. The zero-order chi connectivity index (χ0) is 8.81. The maximum Gasteiger partial charge on any atom is 0.137 e. The Kier molecular flexibility index (Phi) is 4.30. The molecule has 1 saturated heterocycles. The van der Waals surface area contributed by atoms with Gasteiger partial charge in [0.05, 0.1) is 6.04 Å². The first kappa shape index (κ1) is 9.72. The molecule has 0 saturated carbocycles. The lowest BCUT2D eigenvalue weighted by atomic mass is 10.2. The molecule has 1 heterocycles. The molecule has 1 aliphatic rings. The molecule has 0 spiro atoms. The van der Waals surface area contributed by atoms with Crippen molar-refractivity contribution in [3.63, 3.8) is 0 Å². The molecule has 0 unspecified atom stereocenters. The van der Waals surface area contributed by atoms with Gasteiger partial charge in [-0.15, -0.1) is 0 Å². The van der Waals surface area contributed by atoms with Crippen LogP contribution in [0.5, 0.6) is 0 Å². The van der Waals surface area contributed by atoms with E-state index in [-0.39, 0.29) is 6.04 Å². The molecule has 2 nitrogen and oxygen atoms in total. The largest absolute Gasteiger partial charge is 0.302 e. The lowest BCUT2D eigenvalue weighted by Crippen LogP contribution is -2.31. The molecule has 0 aromatic rings. The standard InChI is InChI=1S/C10H19NO/c1-2-3-4-7-11-8-5-6-10(11)9-12/h9-10H,2-8H2,1H3/t10-/m0/s1. The third-order valence-corrected chi connectivity index (χ3v) is 2.62. The number of likely N-dealkylation sites (tertiary alicyclic amines) is 1. The van der Waals surface area contributed by atoms with Crippen molar-refractivity contribution in [3.05, 3.63) is 0 Å². The Hall–Kier alpha value is -0.370. The van der Waals surface area contributed by atoms with Gasteiger partial charge in [0.1, 0.15) is 6.29 Å². The minimum Gasteiger partial charge on any atom is -0.302 e. The summed E-state index contributed by atoms with van der Waals surface area (Å²) in [4.78, 5) is 12.9. The van der Waals surface area contributed by atoms with Gasteiger partial charge in [-0.3, -0.25) is 4.90 Å². The number of rotatable bonds is 5. The molecule has 1 aliphatic heterocycles. The summed E-state index contributed by atoms with van der Waals surface area (Å²) in [5, 5.41) is 0. The fourth-order valence-electron chi connectivity index (χ4n) is 1.85. The number of carbonyl (C=O) groups excluding carboxylic acids is 1. The van der Waals surface area contributed by atoms with Crippen molar-refractivity contribution < 1.29 is 4.79 Å². The van der Waals surface area contributed by atoms with Gasteiger partial charge >= 0.3 is 0 Å². The molecule has 1 atom stereocenters. The maximum atomic E-state index is 10.6. The van der Waals surface area contributed by atoms with Gasteiger partial charge in [-0.2, -0.15) is 0 Å². The fraction of sp³-hybridized carbons (Fsp3) is 0.900. The van der Waals surface area contributed by atoms with E-state index in [0.29, 0.717) is 0 Å². The van der Waals surface area contributed by atoms with E-state index in [2.05, 4.69) is 11.8 Å². The van der Waals surface area contributed by atoms with E-state index in [1.807, 2.05) is 0 Å². The highest BCUT2D eigenvalue weighted by Gasteiger charge is 2.22. The van der Waals surface area contributed by atoms with Crippen LogP contribution in [0.4, 0.5) is 0 Å². The molecule has 0 amide bonds. The number of unbranched alkanes of at least 4 members (excludes halogenated alkanes) is 2. The van der Waals surface area contributed by atoms with Crippen LogP contribution in [0.1, 0.15) is 39.0 Å². The molecule has 70 valence electrons. The van der Waals surface area contributed by atoms with E-state index in [9.17, 15) is 4.79 Å². The van der Waals surface area contributed by atoms with Crippen molar-refractivity contribution in [1.29, 1.82) is 0 Å². The van der Waals surface area contributed by atoms with Crippen LogP contribution >= 0.6 is 0 Å². The van der Waals surface area contributed by atoms with E-state index >= 15 is 0 Å². The van der Waals surface area contributed by atoms with Gasteiger partial charge in [-0.05, 0) is 32.4 Å². The Morgan fingerprint density at radius 2 is 2.33 bits per heavy atom. The molecule has 0 bridgehead atoms. The normalized spacial score (nSPS) is 24.6. The number of hydrogen-bond donors (Lipinski definition) is 0. The van der Waals surface area contributed by atoms with Crippen molar-refractivity contribution >= 4 is 6.29 Å². The number of nitrogens with zero attached hydrogens (tertiary/aromatic N) is 1. The van der Waals surface area contributed by atoms with Crippen LogP contribution in [-0.2, 0) is 4.79 Å². The molecule has 1 rings (SSSR count). The summed E-state index contributed by atoms with van der Waals surface area (Å²) in [5.41, 5.74) is 0. The molecular formula is C10H19NO. The van der Waals surface area contributed by atoms with E-state index in [4.69, 9.17) is 0 Å². The third-order valence-electron chi connectivity index (χ3n) is 2.62.